The van der Waals surface area contributed by atoms with Crippen molar-refractivity contribution in [1.29, 1.82) is 0 Å². The maximum atomic E-state index is 12.0. The van der Waals surface area contributed by atoms with Gasteiger partial charge in [-0.3, -0.25) is 4.79 Å². The molecule has 1 N–H and O–H groups in total. The van der Waals surface area contributed by atoms with Crippen molar-refractivity contribution in [3.63, 3.8) is 0 Å². The third-order valence-corrected chi connectivity index (χ3v) is 11.8. The van der Waals surface area contributed by atoms with Crippen molar-refractivity contribution in [1.82, 2.24) is 0 Å². The number of esters is 1. The van der Waals surface area contributed by atoms with Crippen molar-refractivity contribution in [3.05, 3.63) is 9.66 Å². The van der Waals surface area contributed by atoms with Crippen LogP contribution in [0.4, 0.5) is 0 Å². The van der Waals surface area contributed by atoms with Crippen LogP contribution in [0.3, 0.4) is 0 Å². The van der Waals surface area contributed by atoms with E-state index >= 15 is 0 Å². The monoisotopic (exact) mass is 482 g/mol. The molecule has 0 bridgehead atoms. The van der Waals surface area contributed by atoms with Crippen LogP contribution in [0, 0.1) is 5.92 Å². The van der Waals surface area contributed by atoms with Gasteiger partial charge in [-0.1, -0.05) is 41.5 Å². The lowest BCUT2D eigenvalue weighted by Gasteiger charge is -2.46. The SMILES string of the molecule is C/C(I)=C\[C@H](O[Si](C(C)C)(C(C)C)C(C)C)[C@H]1C[C@@H](CO)CC(=O)O1. The Kier molecular flexibility index (Phi) is 9.11. The molecule has 25 heavy (non-hydrogen) atoms. The fourth-order valence-electron chi connectivity index (χ4n) is 4.34. The quantitative estimate of drug-likeness (QED) is 0.294. The highest BCUT2D eigenvalue weighted by molar-refractivity contribution is 14.1. The van der Waals surface area contributed by atoms with E-state index in [0.717, 1.165) is 3.58 Å². The number of allylic oxidation sites excluding steroid dienone is 1. The van der Waals surface area contributed by atoms with Gasteiger partial charge in [0.2, 0.25) is 8.32 Å². The predicted octanol–water partition coefficient (Wildman–Crippen LogP) is 5.20. The van der Waals surface area contributed by atoms with E-state index in [2.05, 4.69) is 70.2 Å². The molecule has 0 amide bonds. The van der Waals surface area contributed by atoms with E-state index in [1.54, 1.807) is 0 Å². The van der Waals surface area contributed by atoms with Gasteiger partial charge < -0.3 is 14.3 Å². The van der Waals surface area contributed by atoms with Crippen molar-refractivity contribution in [2.45, 2.75) is 90.1 Å². The number of aliphatic hydroxyl groups excluding tert-OH is 1. The van der Waals surface area contributed by atoms with Gasteiger partial charge in [0.15, 0.2) is 0 Å². The minimum atomic E-state index is -2.10. The predicted molar refractivity (Wildman–Crippen MR) is 113 cm³/mol. The highest BCUT2D eigenvalue weighted by atomic mass is 127. The Morgan fingerprint density at radius 1 is 1.28 bits per heavy atom. The first-order chi connectivity index (χ1) is 11.5. The van der Waals surface area contributed by atoms with Crippen LogP contribution in [0.1, 0.15) is 61.3 Å². The van der Waals surface area contributed by atoms with Gasteiger partial charge in [-0.05, 0) is 68.1 Å². The molecular formula is C19H35IO4Si. The van der Waals surface area contributed by atoms with Crippen LogP contribution < -0.4 is 0 Å². The second kappa shape index (κ2) is 9.85. The Morgan fingerprint density at radius 2 is 1.80 bits per heavy atom. The zero-order valence-electron chi connectivity index (χ0n) is 16.7. The summed E-state index contributed by atoms with van der Waals surface area (Å²) < 4.78 is 13.7. The van der Waals surface area contributed by atoms with Crippen LogP contribution in [-0.4, -0.2) is 38.2 Å². The van der Waals surface area contributed by atoms with Gasteiger partial charge in [-0.15, -0.1) is 0 Å². The molecule has 0 radical (unpaired) electrons. The zero-order chi connectivity index (χ0) is 19.4. The van der Waals surface area contributed by atoms with E-state index in [0.29, 0.717) is 29.5 Å². The molecule has 1 aliphatic rings. The van der Waals surface area contributed by atoms with E-state index in [9.17, 15) is 9.90 Å². The van der Waals surface area contributed by atoms with Crippen molar-refractivity contribution < 1.29 is 19.1 Å². The highest BCUT2D eigenvalue weighted by Crippen LogP contribution is 2.44. The summed E-state index contributed by atoms with van der Waals surface area (Å²) in [6.45, 7) is 15.6. The molecule has 0 aliphatic carbocycles. The number of aliphatic hydroxyl groups is 1. The van der Waals surface area contributed by atoms with Crippen LogP contribution >= 0.6 is 22.6 Å². The molecule has 1 aliphatic heterocycles. The first-order valence-corrected chi connectivity index (χ1v) is 12.6. The summed E-state index contributed by atoms with van der Waals surface area (Å²) in [5.41, 5.74) is 1.39. The summed E-state index contributed by atoms with van der Waals surface area (Å²) in [7, 11) is -2.10. The molecule has 4 nitrogen and oxygen atoms in total. The van der Waals surface area contributed by atoms with Crippen LogP contribution in [-0.2, 0) is 14.0 Å². The first-order valence-electron chi connectivity index (χ1n) is 9.36. The standard InChI is InChI=1S/C19H35IO4Si/c1-12(2)25(13(3)4,14(5)6)24-18(8-15(7)20)17-9-16(11-21)10-19(22)23-17/h8,12-14,16-18,21H,9-11H2,1-7H3/b15-8+/t16-,17-,18+/m1/s1. The summed E-state index contributed by atoms with van der Waals surface area (Å²) in [6, 6.07) is 0. The van der Waals surface area contributed by atoms with Gasteiger partial charge in [-0.25, -0.2) is 0 Å². The number of hydrogen-bond donors (Lipinski definition) is 1. The maximum absolute atomic E-state index is 12.0. The summed E-state index contributed by atoms with van der Waals surface area (Å²) in [6.07, 6.45) is 2.49. The largest absolute Gasteiger partial charge is 0.459 e. The van der Waals surface area contributed by atoms with E-state index in [4.69, 9.17) is 9.16 Å². The molecule has 0 spiro atoms. The van der Waals surface area contributed by atoms with Gasteiger partial charge in [0, 0.05) is 6.61 Å². The lowest BCUT2D eigenvalue weighted by Crippen LogP contribution is -2.53. The minimum absolute atomic E-state index is 0.0202. The third-order valence-electron chi connectivity index (χ3n) is 5.37. The number of carbonyl (C=O) groups is 1. The van der Waals surface area contributed by atoms with Gasteiger partial charge in [0.1, 0.15) is 12.2 Å². The molecule has 0 saturated carbocycles. The van der Waals surface area contributed by atoms with E-state index in [1.165, 1.54) is 0 Å². The Hall–Kier alpha value is 0.0769. The smallest absolute Gasteiger partial charge is 0.306 e. The second-order valence-corrected chi connectivity index (χ2v) is 15.3. The third kappa shape index (κ3) is 5.78. The molecular weight excluding hydrogens is 447 g/mol. The minimum Gasteiger partial charge on any atom is -0.459 e. The Labute approximate surface area is 168 Å². The lowest BCUT2D eigenvalue weighted by atomic mass is 9.93. The fourth-order valence-corrected chi connectivity index (χ4v) is 10.2. The van der Waals surface area contributed by atoms with Crippen LogP contribution in [0.25, 0.3) is 0 Å². The number of rotatable bonds is 8. The molecule has 0 aromatic heterocycles. The molecule has 0 aromatic carbocycles. The Morgan fingerprint density at radius 3 is 2.20 bits per heavy atom. The zero-order valence-corrected chi connectivity index (χ0v) is 19.9. The van der Waals surface area contributed by atoms with Gasteiger partial charge in [0.25, 0.3) is 0 Å². The van der Waals surface area contributed by atoms with E-state index in [1.807, 2.05) is 6.92 Å². The van der Waals surface area contributed by atoms with Gasteiger partial charge in [0.05, 0.1) is 6.42 Å². The first kappa shape index (κ1) is 23.1. The number of cyclic esters (lactones) is 1. The molecule has 1 heterocycles. The summed E-state index contributed by atoms with van der Waals surface area (Å²) in [5, 5.41) is 9.53. The van der Waals surface area contributed by atoms with Crippen LogP contribution in [0.2, 0.25) is 16.6 Å². The average molecular weight is 482 g/mol. The summed E-state index contributed by atoms with van der Waals surface area (Å²) in [5.74, 6) is -0.261. The van der Waals surface area contributed by atoms with Crippen molar-refractivity contribution in [2.24, 2.45) is 5.92 Å². The molecule has 3 atom stereocenters. The number of ether oxygens (including phenoxy) is 1. The molecule has 1 rings (SSSR count). The molecule has 1 fully saturated rings. The van der Waals surface area contributed by atoms with Crippen LogP contribution in [0.15, 0.2) is 9.66 Å². The van der Waals surface area contributed by atoms with Crippen LogP contribution in [0.5, 0.6) is 0 Å². The Bertz CT molecular complexity index is 450. The number of halogens is 1. The van der Waals surface area contributed by atoms with Crippen molar-refractivity contribution in [2.75, 3.05) is 6.61 Å². The average Bonchev–Trinajstić information content (AvgIpc) is 2.49. The highest BCUT2D eigenvalue weighted by Gasteiger charge is 2.48. The lowest BCUT2D eigenvalue weighted by molar-refractivity contribution is -0.163. The maximum Gasteiger partial charge on any atom is 0.306 e. The molecule has 146 valence electrons. The second-order valence-electron chi connectivity index (χ2n) is 8.17. The molecule has 0 aromatic rings. The number of hydrogen-bond acceptors (Lipinski definition) is 4. The summed E-state index contributed by atoms with van der Waals surface area (Å²) in [4.78, 5) is 12.0. The Balaban J connectivity index is 3.21. The van der Waals surface area contributed by atoms with Crippen molar-refractivity contribution in [3.8, 4) is 0 Å². The van der Waals surface area contributed by atoms with E-state index < -0.39 is 8.32 Å². The topological polar surface area (TPSA) is 55.8 Å². The van der Waals surface area contributed by atoms with E-state index in [-0.39, 0.29) is 30.7 Å². The molecule has 0 unspecified atom stereocenters. The van der Waals surface area contributed by atoms with Gasteiger partial charge in [-0.2, -0.15) is 0 Å². The number of carbonyl (C=O) groups excluding carboxylic acids is 1. The summed E-state index contributed by atoms with van der Waals surface area (Å²) >= 11 is 2.28. The van der Waals surface area contributed by atoms with Crippen molar-refractivity contribution >= 4 is 36.9 Å². The normalized spacial score (nSPS) is 24.2. The van der Waals surface area contributed by atoms with Gasteiger partial charge >= 0.3 is 5.97 Å². The molecule has 6 heteroatoms. The fraction of sp³-hybridized carbons (Fsp3) is 0.842. The molecule has 1 saturated heterocycles.